The van der Waals surface area contributed by atoms with Gasteiger partial charge in [0.15, 0.2) is 0 Å². The molecule has 1 aromatic rings. The van der Waals surface area contributed by atoms with Crippen LogP contribution >= 0.6 is 11.6 Å². The number of hydrogen-bond donors (Lipinski definition) is 1. The number of piperazine rings is 1. The normalized spacial score (nSPS) is 16.6. The Morgan fingerprint density at radius 2 is 1.91 bits per heavy atom. The van der Waals surface area contributed by atoms with Crippen LogP contribution in [0.5, 0.6) is 5.75 Å². The summed E-state index contributed by atoms with van der Waals surface area (Å²) in [5.41, 5.74) is 0.588. The highest BCUT2D eigenvalue weighted by atomic mass is 35.5. The van der Waals surface area contributed by atoms with Crippen LogP contribution in [0, 0.1) is 0 Å². The molecule has 0 saturated carbocycles. The summed E-state index contributed by atoms with van der Waals surface area (Å²) in [4.78, 5) is 16.0. The van der Waals surface area contributed by atoms with Crippen LogP contribution in [0.2, 0.25) is 5.02 Å². The van der Waals surface area contributed by atoms with Crippen molar-refractivity contribution in [2.45, 2.75) is 32.9 Å². The van der Waals surface area contributed by atoms with Crippen molar-refractivity contribution < 1.29 is 14.6 Å². The second-order valence-corrected chi connectivity index (χ2v) is 6.94. The monoisotopic (exact) mass is 326 g/mol. The van der Waals surface area contributed by atoms with E-state index >= 15 is 0 Å². The summed E-state index contributed by atoms with van der Waals surface area (Å²) in [5.74, 6) is 0.0974. The topological polar surface area (TPSA) is 53.0 Å². The van der Waals surface area contributed by atoms with Crippen LogP contribution in [-0.2, 0) is 11.3 Å². The molecular weight excluding hydrogens is 304 g/mol. The fourth-order valence-corrected chi connectivity index (χ4v) is 2.53. The Kier molecular flexibility index (Phi) is 5.19. The Labute approximate surface area is 136 Å². The number of halogens is 1. The predicted molar refractivity (Wildman–Crippen MR) is 86.2 cm³/mol. The highest BCUT2D eigenvalue weighted by Crippen LogP contribution is 2.24. The predicted octanol–water partition coefficient (Wildman–Crippen LogP) is 3.10. The minimum atomic E-state index is -0.461. The number of amides is 1. The zero-order valence-corrected chi connectivity index (χ0v) is 14.1. The smallest absolute Gasteiger partial charge is 0.410 e. The maximum atomic E-state index is 12.0. The van der Waals surface area contributed by atoms with Gasteiger partial charge in [0.2, 0.25) is 0 Å². The molecule has 122 valence electrons. The van der Waals surface area contributed by atoms with Crippen LogP contribution in [0.1, 0.15) is 26.3 Å². The van der Waals surface area contributed by atoms with Crippen LogP contribution < -0.4 is 0 Å². The van der Waals surface area contributed by atoms with Crippen molar-refractivity contribution >= 4 is 17.7 Å². The fourth-order valence-electron chi connectivity index (χ4n) is 2.32. The highest BCUT2D eigenvalue weighted by molar-refractivity contribution is 6.32. The molecule has 1 aliphatic heterocycles. The van der Waals surface area contributed by atoms with Gasteiger partial charge in [0.05, 0.1) is 5.02 Å². The van der Waals surface area contributed by atoms with E-state index in [1.165, 1.54) is 0 Å². The van der Waals surface area contributed by atoms with E-state index in [4.69, 9.17) is 16.3 Å². The number of hydrogen-bond acceptors (Lipinski definition) is 4. The lowest BCUT2D eigenvalue weighted by atomic mass is 10.2. The molecule has 1 N–H and O–H groups in total. The first-order valence-electron chi connectivity index (χ1n) is 7.42. The Hall–Kier alpha value is -1.46. The fraction of sp³-hybridized carbons (Fsp3) is 0.562. The Bertz CT molecular complexity index is 535. The van der Waals surface area contributed by atoms with Gasteiger partial charge in [0.1, 0.15) is 11.4 Å². The number of benzene rings is 1. The maximum absolute atomic E-state index is 12.0. The summed E-state index contributed by atoms with van der Waals surface area (Å²) in [6, 6.07) is 5.24. The molecule has 0 unspecified atom stereocenters. The van der Waals surface area contributed by atoms with Gasteiger partial charge in [-0.15, -0.1) is 0 Å². The van der Waals surface area contributed by atoms with Gasteiger partial charge in [-0.05, 0) is 38.5 Å². The number of aromatic hydroxyl groups is 1. The number of rotatable bonds is 2. The molecule has 0 atom stereocenters. The van der Waals surface area contributed by atoms with Crippen LogP contribution in [0.4, 0.5) is 4.79 Å². The zero-order chi connectivity index (χ0) is 16.3. The Morgan fingerprint density at radius 1 is 1.27 bits per heavy atom. The van der Waals surface area contributed by atoms with Crippen LogP contribution in [0.15, 0.2) is 18.2 Å². The first kappa shape index (κ1) is 16.9. The Morgan fingerprint density at radius 3 is 2.45 bits per heavy atom. The molecule has 1 heterocycles. The van der Waals surface area contributed by atoms with Crippen LogP contribution in [0.3, 0.4) is 0 Å². The van der Waals surface area contributed by atoms with E-state index in [1.807, 2.05) is 26.8 Å². The third-order valence-corrected chi connectivity index (χ3v) is 3.74. The van der Waals surface area contributed by atoms with Crippen molar-refractivity contribution in [1.82, 2.24) is 9.80 Å². The van der Waals surface area contributed by atoms with Crippen molar-refractivity contribution in [2.75, 3.05) is 26.2 Å². The molecule has 1 amide bonds. The van der Waals surface area contributed by atoms with Gasteiger partial charge < -0.3 is 14.7 Å². The van der Waals surface area contributed by atoms with Crippen molar-refractivity contribution in [1.29, 1.82) is 0 Å². The van der Waals surface area contributed by atoms with Crippen molar-refractivity contribution in [2.24, 2.45) is 0 Å². The largest absolute Gasteiger partial charge is 0.506 e. The number of phenols is 1. The van der Waals surface area contributed by atoms with E-state index in [-0.39, 0.29) is 11.8 Å². The standard InChI is InChI=1S/C16H23ClN2O3/c1-16(2,3)22-15(21)19-8-6-18(7-9-19)11-12-4-5-14(20)13(17)10-12/h4-5,10,20H,6-9,11H2,1-3H3. The summed E-state index contributed by atoms with van der Waals surface area (Å²) in [6.45, 7) is 9.25. The van der Waals surface area contributed by atoms with Crippen molar-refractivity contribution in [3.8, 4) is 5.75 Å². The summed E-state index contributed by atoms with van der Waals surface area (Å²) in [6.07, 6.45) is -0.250. The summed E-state index contributed by atoms with van der Waals surface area (Å²) in [7, 11) is 0. The van der Waals surface area contributed by atoms with Crippen molar-refractivity contribution in [3.63, 3.8) is 0 Å². The van der Waals surface area contributed by atoms with Crippen molar-refractivity contribution in [3.05, 3.63) is 28.8 Å². The van der Waals surface area contributed by atoms with Gasteiger partial charge >= 0.3 is 6.09 Å². The van der Waals surface area contributed by atoms with Crippen LogP contribution in [-0.4, -0.2) is 52.8 Å². The molecule has 1 fully saturated rings. The molecule has 1 aliphatic rings. The van der Waals surface area contributed by atoms with Crippen LogP contribution in [0.25, 0.3) is 0 Å². The van der Waals surface area contributed by atoms with Gasteiger partial charge in [-0.25, -0.2) is 4.79 Å². The lowest BCUT2D eigenvalue weighted by Crippen LogP contribution is -2.49. The van der Waals surface area contributed by atoms with E-state index < -0.39 is 5.60 Å². The summed E-state index contributed by atoms with van der Waals surface area (Å²) < 4.78 is 5.38. The number of phenolic OH excluding ortho intramolecular Hbond substituents is 1. The third-order valence-electron chi connectivity index (χ3n) is 3.44. The number of carbonyl (C=O) groups excluding carboxylic acids is 1. The molecule has 0 bridgehead atoms. The molecule has 1 saturated heterocycles. The second-order valence-electron chi connectivity index (χ2n) is 6.53. The quantitative estimate of drug-likeness (QED) is 0.907. The zero-order valence-electron chi connectivity index (χ0n) is 13.3. The molecule has 0 spiro atoms. The molecule has 2 rings (SSSR count). The molecule has 5 nitrogen and oxygen atoms in total. The number of ether oxygens (including phenoxy) is 1. The first-order valence-corrected chi connectivity index (χ1v) is 7.80. The van der Waals surface area contributed by atoms with Gasteiger partial charge in [0, 0.05) is 32.7 Å². The van der Waals surface area contributed by atoms with E-state index in [0.717, 1.165) is 25.2 Å². The van der Waals surface area contributed by atoms with Gasteiger partial charge in [-0.1, -0.05) is 17.7 Å². The van der Waals surface area contributed by atoms with Gasteiger partial charge in [-0.2, -0.15) is 0 Å². The molecule has 0 aromatic heterocycles. The average molecular weight is 327 g/mol. The molecule has 6 heteroatoms. The van der Waals surface area contributed by atoms with Gasteiger partial charge in [0.25, 0.3) is 0 Å². The lowest BCUT2D eigenvalue weighted by Gasteiger charge is -2.35. The highest BCUT2D eigenvalue weighted by Gasteiger charge is 2.25. The second kappa shape index (κ2) is 6.75. The summed E-state index contributed by atoms with van der Waals surface area (Å²) in [5, 5.41) is 9.80. The third kappa shape index (κ3) is 4.78. The average Bonchev–Trinajstić information content (AvgIpc) is 2.42. The van der Waals surface area contributed by atoms with E-state index in [2.05, 4.69) is 4.90 Å². The summed E-state index contributed by atoms with van der Waals surface area (Å²) >= 11 is 5.92. The maximum Gasteiger partial charge on any atom is 0.410 e. The van der Waals surface area contributed by atoms with Gasteiger partial charge in [-0.3, -0.25) is 4.90 Å². The molecular formula is C16H23ClN2O3. The number of nitrogens with zero attached hydrogens (tertiary/aromatic N) is 2. The first-order chi connectivity index (χ1) is 10.2. The molecule has 0 aliphatic carbocycles. The lowest BCUT2D eigenvalue weighted by molar-refractivity contribution is 0.0139. The minimum Gasteiger partial charge on any atom is -0.506 e. The Balaban J connectivity index is 1.84. The minimum absolute atomic E-state index is 0.0974. The van der Waals surface area contributed by atoms with E-state index in [1.54, 1.807) is 17.0 Å². The van der Waals surface area contributed by atoms with E-state index in [0.29, 0.717) is 18.1 Å². The SMILES string of the molecule is CC(C)(C)OC(=O)N1CCN(Cc2ccc(O)c(Cl)c2)CC1. The molecule has 22 heavy (non-hydrogen) atoms. The van der Waals surface area contributed by atoms with E-state index in [9.17, 15) is 9.90 Å². The molecule has 0 radical (unpaired) electrons. The molecule has 1 aromatic carbocycles. The number of carbonyl (C=O) groups is 1.